The number of aryl methyl sites for hydroxylation is 1. The largest absolute Gasteiger partial charge is 0.465 e. The van der Waals surface area contributed by atoms with Crippen LogP contribution in [0.4, 0.5) is 5.69 Å². The zero-order valence-electron chi connectivity index (χ0n) is 12.9. The molecule has 126 valence electrons. The van der Waals surface area contributed by atoms with Crippen molar-refractivity contribution >= 4 is 38.9 Å². The van der Waals surface area contributed by atoms with Gasteiger partial charge >= 0.3 is 11.7 Å². The first kappa shape index (κ1) is 15.1. The fourth-order valence-corrected chi connectivity index (χ4v) is 3.57. The molecule has 0 radical (unpaired) electrons. The van der Waals surface area contributed by atoms with Gasteiger partial charge in [-0.05, 0) is 12.5 Å². The van der Waals surface area contributed by atoms with Crippen molar-refractivity contribution in [1.82, 2.24) is 29.8 Å². The molecule has 0 amide bonds. The average Bonchev–Trinajstić information content (AvgIpc) is 3.29. The normalized spacial score (nSPS) is 11.3. The highest BCUT2D eigenvalue weighted by Gasteiger charge is 2.24. The molecule has 0 aliphatic rings. The van der Waals surface area contributed by atoms with Crippen LogP contribution in [0.15, 0.2) is 12.5 Å². The zero-order valence-corrected chi connectivity index (χ0v) is 13.7. The third-order valence-corrected chi connectivity index (χ3v) is 4.86. The Labute approximate surface area is 142 Å². The van der Waals surface area contributed by atoms with Crippen LogP contribution in [0, 0.1) is 17.0 Å². The second-order valence-corrected chi connectivity index (χ2v) is 6.06. The summed E-state index contributed by atoms with van der Waals surface area (Å²) in [4.78, 5) is 32.1. The van der Waals surface area contributed by atoms with Crippen molar-refractivity contribution in [3.05, 3.63) is 33.1 Å². The van der Waals surface area contributed by atoms with E-state index in [2.05, 4.69) is 25.3 Å². The van der Waals surface area contributed by atoms with Crippen molar-refractivity contribution in [2.75, 3.05) is 7.11 Å². The quantitative estimate of drug-likeness (QED) is 0.331. The molecule has 0 aliphatic carbocycles. The minimum absolute atomic E-state index is 0.0999. The van der Waals surface area contributed by atoms with Gasteiger partial charge in [0.25, 0.3) is 0 Å². The second-order valence-electron chi connectivity index (χ2n) is 5.06. The highest BCUT2D eigenvalue weighted by atomic mass is 32.1. The first-order valence-electron chi connectivity index (χ1n) is 6.92. The summed E-state index contributed by atoms with van der Waals surface area (Å²) in [5, 5.41) is 22.2. The number of nitro groups is 1. The number of nitrogens with one attached hydrogen (secondary N) is 1. The van der Waals surface area contributed by atoms with Crippen LogP contribution in [0.25, 0.3) is 27.4 Å². The summed E-state index contributed by atoms with van der Waals surface area (Å²) in [6.07, 6.45) is 2.54. The standard InChI is InChI=1S/C13H9N7O4S/c1-5-7-11-16-10(8-6(20(22)23)3-15-17-8)18-19(11)4-14-12(7)25-9(5)13(21)24-2/h3-4H,1-2H3,(H,15,17). The predicted octanol–water partition coefficient (Wildman–Crippen LogP) is 1.73. The molecule has 25 heavy (non-hydrogen) atoms. The maximum Gasteiger partial charge on any atom is 0.348 e. The Bertz CT molecular complexity index is 1160. The molecule has 0 aromatic carbocycles. The average molecular weight is 359 g/mol. The Kier molecular flexibility index (Phi) is 3.21. The molecule has 4 aromatic heterocycles. The number of esters is 1. The van der Waals surface area contributed by atoms with Crippen LogP contribution in [0.1, 0.15) is 15.2 Å². The molecule has 0 aliphatic heterocycles. The van der Waals surface area contributed by atoms with E-state index in [4.69, 9.17) is 4.74 Å². The Balaban J connectivity index is 1.98. The summed E-state index contributed by atoms with van der Waals surface area (Å²) in [5.74, 6) is -0.341. The Morgan fingerprint density at radius 2 is 2.28 bits per heavy atom. The van der Waals surface area contributed by atoms with Crippen LogP contribution in [-0.4, -0.2) is 47.8 Å². The number of fused-ring (bicyclic) bond motifs is 3. The van der Waals surface area contributed by atoms with Crippen LogP contribution in [0.3, 0.4) is 0 Å². The number of carbonyl (C=O) groups excluding carboxylic acids is 1. The van der Waals surface area contributed by atoms with E-state index in [0.29, 0.717) is 26.3 Å². The van der Waals surface area contributed by atoms with Crippen molar-refractivity contribution < 1.29 is 14.5 Å². The molecular weight excluding hydrogens is 350 g/mol. The lowest BCUT2D eigenvalue weighted by Crippen LogP contribution is -1.99. The molecule has 0 spiro atoms. The van der Waals surface area contributed by atoms with Gasteiger partial charge in [0.05, 0.1) is 17.4 Å². The minimum atomic E-state index is -0.566. The fraction of sp³-hybridized carbons (Fsp3) is 0.154. The molecule has 0 fully saturated rings. The number of methoxy groups -OCH3 is 1. The lowest BCUT2D eigenvalue weighted by Gasteiger charge is -1.96. The maximum atomic E-state index is 11.9. The number of H-pyrrole nitrogens is 1. The summed E-state index contributed by atoms with van der Waals surface area (Å²) in [6.45, 7) is 1.76. The topological polar surface area (TPSA) is 141 Å². The lowest BCUT2D eigenvalue weighted by molar-refractivity contribution is -0.384. The number of ether oxygens (including phenoxy) is 1. The summed E-state index contributed by atoms with van der Waals surface area (Å²) in [5.41, 5.74) is 0.983. The van der Waals surface area contributed by atoms with E-state index in [1.807, 2.05) is 0 Å². The van der Waals surface area contributed by atoms with Gasteiger partial charge in [-0.25, -0.2) is 19.3 Å². The molecule has 0 bridgehead atoms. The van der Waals surface area contributed by atoms with Gasteiger partial charge in [-0.15, -0.1) is 16.4 Å². The van der Waals surface area contributed by atoms with E-state index in [0.717, 1.165) is 6.20 Å². The van der Waals surface area contributed by atoms with Crippen molar-refractivity contribution in [2.24, 2.45) is 0 Å². The van der Waals surface area contributed by atoms with Crippen LogP contribution in [-0.2, 0) is 4.74 Å². The monoisotopic (exact) mass is 359 g/mol. The molecule has 0 unspecified atom stereocenters. The highest BCUT2D eigenvalue weighted by molar-refractivity contribution is 7.20. The molecular formula is C13H9N7O4S. The van der Waals surface area contributed by atoms with Gasteiger partial charge in [0.15, 0.2) is 11.3 Å². The SMILES string of the molecule is COC(=O)c1sc2ncn3nc(-c4[nH]ncc4[N+](=O)[O-])nc3c2c1C. The number of hydrogen-bond acceptors (Lipinski definition) is 9. The van der Waals surface area contributed by atoms with Gasteiger partial charge in [-0.2, -0.15) is 5.10 Å². The molecule has 12 heteroatoms. The Morgan fingerprint density at radius 3 is 3.00 bits per heavy atom. The van der Waals surface area contributed by atoms with Gasteiger partial charge in [-0.1, -0.05) is 0 Å². The summed E-state index contributed by atoms with van der Waals surface area (Å²) < 4.78 is 6.18. The molecule has 1 N–H and O–H groups in total. The summed E-state index contributed by atoms with van der Waals surface area (Å²) in [7, 11) is 1.31. The third kappa shape index (κ3) is 2.15. The van der Waals surface area contributed by atoms with Crippen molar-refractivity contribution in [2.45, 2.75) is 6.92 Å². The van der Waals surface area contributed by atoms with E-state index in [1.54, 1.807) is 6.92 Å². The Hall–Kier alpha value is -3.41. The second kappa shape index (κ2) is 5.31. The van der Waals surface area contributed by atoms with Gasteiger partial charge in [0.1, 0.15) is 22.2 Å². The van der Waals surface area contributed by atoms with Crippen molar-refractivity contribution in [1.29, 1.82) is 0 Å². The van der Waals surface area contributed by atoms with Crippen LogP contribution >= 0.6 is 11.3 Å². The lowest BCUT2D eigenvalue weighted by atomic mass is 10.2. The maximum absolute atomic E-state index is 11.9. The van der Waals surface area contributed by atoms with Gasteiger partial charge in [0, 0.05) is 0 Å². The van der Waals surface area contributed by atoms with Gasteiger partial charge in [-0.3, -0.25) is 15.2 Å². The van der Waals surface area contributed by atoms with E-state index in [1.165, 1.54) is 29.3 Å². The highest BCUT2D eigenvalue weighted by Crippen LogP contribution is 2.33. The molecule has 0 saturated heterocycles. The minimum Gasteiger partial charge on any atom is -0.465 e. The van der Waals surface area contributed by atoms with Gasteiger partial charge in [0.2, 0.25) is 5.82 Å². The van der Waals surface area contributed by atoms with Crippen molar-refractivity contribution in [3.8, 4) is 11.5 Å². The summed E-state index contributed by atoms with van der Waals surface area (Å²) in [6, 6.07) is 0. The van der Waals surface area contributed by atoms with Crippen molar-refractivity contribution in [3.63, 3.8) is 0 Å². The molecule has 0 atom stereocenters. The van der Waals surface area contributed by atoms with E-state index < -0.39 is 10.9 Å². The number of nitrogens with zero attached hydrogens (tertiary/aromatic N) is 6. The predicted molar refractivity (Wildman–Crippen MR) is 86.5 cm³/mol. The van der Waals surface area contributed by atoms with Crippen LogP contribution < -0.4 is 0 Å². The van der Waals surface area contributed by atoms with E-state index >= 15 is 0 Å². The smallest absolute Gasteiger partial charge is 0.348 e. The van der Waals surface area contributed by atoms with Gasteiger partial charge < -0.3 is 4.74 Å². The molecule has 0 saturated carbocycles. The van der Waals surface area contributed by atoms with Crippen LogP contribution in [0.2, 0.25) is 0 Å². The number of rotatable bonds is 3. The summed E-state index contributed by atoms with van der Waals surface area (Å²) >= 11 is 1.19. The Morgan fingerprint density at radius 1 is 1.48 bits per heavy atom. The number of aromatic amines is 1. The fourth-order valence-electron chi connectivity index (χ4n) is 2.51. The van der Waals surface area contributed by atoms with E-state index in [-0.39, 0.29) is 17.2 Å². The first-order chi connectivity index (χ1) is 12.0. The zero-order chi connectivity index (χ0) is 17.7. The first-order valence-corrected chi connectivity index (χ1v) is 7.73. The molecule has 4 aromatic rings. The molecule has 4 heterocycles. The van der Waals surface area contributed by atoms with Crippen LogP contribution in [0.5, 0.6) is 0 Å². The third-order valence-electron chi connectivity index (χ3n) is 3.68. The number of aromatic nitrogens is 6. The van der Waals surface area contributed by atoms with E-state index in [9.17, 15) is 14.9 Å². The number of hydrogen-bond donors (Lipinski definition) is 1. The molecule has 11 nitrogen and oxygen atoms in total. The number of carbonyl (C=O) groups is 1. The molecule has 4 rings (SSSR count). The number of thiophene rings is 1.